The van der Waals surface area contributed by atoms with E-state index >= 15 is 0 Å². The van der Waals surface area contributed by atoms with E-state index in [0.29, 0.717) is 18.1 Å². The number of hydrogen-bond donors (Lipinski definition) is 0. The average molecular weight is 441 g/mol. The van der Waals surface area contributed by atoms with E-state index in [1.165, 1.54) is 5.69 Å². The fourth-order valence-electron chi connectivity index (χ4n) is 4.32. The van der Waals surface area contributed by atoms with Crippen LogP contribution in [0.4, 0.5) is 11.5 Å². The molecule has 0 radical (unpaired) electrons. The van der Waals surface area contributed by atoms with Crippen molar-refractivity contribution in [2.45, 2.75) is 6.92 Å². The maximum absolute atomic E-state index is 5.86. The summed E-state index contributed by atoms with van der Waals surface area (Å²) < 4.78 is 11.5. The van der Waals surface area contributed by atoms with Crippen molar-refractivity contribution < 1.29 is 9.47 Å². The number of benzene rings is 3. The largest absolute Gasteiger partial charge is 0.493 e. The zero-order valence-electron chi connectivity index (χ0n) is 19.1. The summed E-state index contributed by atoms with van der Waals surface area (Å²) in [6.45, 7) is 6.17. The lowest BCUT2D eigenvalue weighted by Crippen LogP contribution is -2.47. The van der Waals surface area contributed by atoms with Crippen molar-refractivity contribution in [3.63, 3.8) is 0 Å². The summed E-state index contributed by atoms with van der Waals surface area (Å²) in [5.74, 6) is 3.06. The third-order valence-electron chi connectivity index (χ3n) is 5.99. The van der Waals surface area contributed by atoms with Gasteiger partial charge in [-0.1, -0.05) is 48.5 Å². The van der Waals surface area contributed by atoms with E-state index in [2.05, 4.69) is 40.1 Å². The van der Waals surface area contributed by atoms with Crippen LogP contribution in [0.5, 0.6) is 11.5 Å². The van der Waals surface area contributed by atoms with Crippen molar-refractivity contribution in [3.05, 3.63) is 72.8 Å². The summed E-state index contributed by atoms with van der Waals surface area (Å²) in [6, 6.07) is 24.7. The van der Waals surface area contributed by atoms with Gasteiger partial charge in [-0.25, -0.2) is 9.97 Å². The van der Waals surface area contributed by atoms with E-state index in [9.17, 15) is 0 Å². The molecule has 5 rings (SSSR count). The monoisotopic (exact) mass is 440 g/mol. The summed E-state index contributed by atoms with van der Waals surface area (Å²) >= 11 is 0. The molecule has 0 bridgehead atoms. The molecule has 1 aliphatic heterocycles. The second kappa shape index (κ2) is 9.36. The van der Waals surface area contributed by atoms with E-state index in [-0.39, 0.29) is 0 Å². The Morgan fingerprint density at radius 3 is 2.12 bits per heavy atom. The quantitative estimate of drug-likeness (QED) is 0.419. The van der Waals surface area contributed by atoms with Crippen molar-refractivity contribution in [2.24, 2.45) is 0 Å². The van der Waals surface area contributed by atoms with Gasteiger partial charge >= 0.3 is 0 Å². The molecular weight excluding hydrogens is 412 g/mol. The average Bonchev–Trinajstić information content (AvgIpc) is 2.89. The highest BCUT2D eigenvalue weighted by Crippen LogP contribution is 2.37. The maximum atomic E-state index is 5.86. The van der Waals surface area contributed by atoms with Gasteiger partial charge in [0, 0.05) is 48.9 Å². The number of ether oxygens (including phenoxy) is 2. The van der Waals surface area contributed by atoms with Gasteiger partial charge in [-0.15, -0.1) is 0 Å². The molecule has 168 valence electrons. The van der Waals surface area contributed by atoms with Crippen LogP contribution < -0.4 is 19.3 Å². The number of fused-ring (bicyclic) bond motifs is 1. The minimum absolute atomic E-state index is 0.565. The van der Waals surface area contributed by atoms with E-state index in [0.717, 1.165) is 54.3 Å². The Kier molecular flexibility index (Phi) is 5.98. The third-order valence-corrected chi connectivity index (χ3v) is 5.99. The predicted molar refractivity (Wildman–Crippen MR) is 134 cm³/mol. The lowest BCUT2D eigenvalue weighted by atomic mass is 10.1. The summed E-state index contributed by atoms with van der Waals surface area (Å²) in [6.07, 6.45) is 0. The Bertz CT molecular complexity index is 1220. The van der Waals surface area contributed by atoms with Crippen LogP contribution in [0.15, 0.2) is 72.8 Å². The van der Waals surface area contributed by atoms with Crippen LogP contribution in [0.1, 0.15) is 6.92 Å². The minimum Gasteiger partial charge on any atom is -0.493 e. The highest BCUT2D eigenvalue weighted by molar-refractivity contribution is 5.93. The molecule has 0 saturated carbocycles. The van der Waals surface area contributed by atoms with Crippen LogP contribution in [-0.2, 0) is 0 Å². The molecule has 0 N–H and O–H groups in total. The van der Waals surface area contributed by atoms with Gasteiger partial charge in [0.2, 0.25) is 0 Å². The van der Waals surface area contributed by atoms with Crippen molar-refractivity contribution in [1.82, 2.24) is 9.97 Å². The van der Waals surface area contributed by atoms with Crippen LogP contribution >= 0.6 is 0 Å². The Morgan fingerprint density at radius 1 is 0.788 bits per heavy atom. The zero-order chi connectivity index (χ0) is 22.6. The molecule has 6 nitrogen and oxygen atoms in total. The van der Waals surface area contributed by atoms with Gasteiger partial charge in [-0.3, -0.25) is 0 Å². The predicted octanol–water partition coefficient (Wildman–Crippen LogP) is 5.03. The zero-order valence-corrected chi connectivity index (χ0v) is 19.1. The molecule has 0 spiro atoms. The highest BCUT2D eigenvalue weighted by atomic mass is 16.5. The van der Waals surface area contributed by atoms with E-state index in [1.807, 2.05) is 49.4 Å². The van der Waals surface area contributed by atoms with Crippen LogP contribution in [0.25, 0.3) is 22.3 Å². The number of rotatable bonds is 6. The molecule has 0 amide bonds. The Hall–Kier alpha value is -3.80. The normalized spacial score (nSPS) is 13.9. The summed E-state index contributed by atoms with van der Waals surface area (Å²) in [7, 11) is 1.66. The van der Waals surface area contributed by atoms with Crippen LogP contribution in [0.3, 0.4) is 0 Å². The molecule has 6 heteroatoms. The first-order valence-corrected chi connectivity index (χ1v) is 11.4. The number of para-hydroxylation sites is 1. The van der Waals surface area contributed by atoms with Crippen molar-refractivity contribution in [2.75, 3.05) is 49.7 Å². The number of anilines is 2. The lowest BCUT2D eigenvalue weighted by molar-refractivity contribution is 0.311. The summed E-state index contributed by atoms with van der Waals surface area (Å²) in [5.41, 5.74) is 3.11. The first-order chi connectivity index (χ1) is 16.3. The van der Waals surface area contributed by atoms with Gasteiger partial charge in [0.25, 0.3) is 0 Å². The second-order valence-electron chi connectivity index (χ2n) is 8.00. The van der Waals surface area contributed by atoms with Gasteiger partial charge in [0.05, 0.1) is 19.2 Å². The molecule has 33 heavy (non-hydrogen) atoms. The molecule has 0 unspecified atom stereocenters. The minimum atomic E-state index is 0.565. The van der Waals surface area contributed by atoms with Gasteiger partial charge in [0.15, 0.2) is 17.3 Å². The molecular formula is C27H28N4O2. The summed E-state index contributed by atoms with van der Waals surface area (Å²) in [4.78, 5) is 14.7. The Balaban J connectivity index is 1.56. The fraction of sp³-hybridized carbons (Fsp3) is 0.259. The van der Waals surface area contributed by atoms with E-state index in [1.54, 1.807) is 7.11 Å². The van der Waals surface area contributed by atoms with E-state index in [4.69, 9.17) is 19.4 Å². The Morgan fingerprint density at radius 2 is 1.45 bits per heavy atom. The molecule has 1 aromatic heterocycles. The lowest BCUT2D eigenvalue weighted by Gasteiger charge is -2.37. The SMILES string of the molecule is CCOc1cc2c(N3CCN(c4ccccc4)CC3)nc(-c3ccccc3)nc2cc1OC. The van der Waals surface area contributed by atoms with Crippen molar-refractivity contribution >= 4 is 22.4 Å². The molecule has 1 aliphatic rings. The van der Waals surface area contributed by atoms with Gasteiger partial charge in [0.1, 0.15) is 5.82 Å². The van der Waals surface area contributed by atoms with Gasteiger partial charge < -0.3 is 19.3 Å². The van der Waals surface area contributed by atoms with Crippen molar-refractivity contribution in [3.8, 4) is 22.9 Å². The number of aromatic nitrogens is 2. The molecule has 2 heterocycles. The van der Waals surface area contributed by atoms with Crippen LogP contribution in [-0.4, -0.2) is 49.9 Å². The third kappa shape index (κ3) is 4.29. The van der Waals surface area contributed by atoms with Crippen LogP contribution in [0, 0.1) is 0 Å². The number of nitrogens with zero attached hydrogens (tertiary/aromatic N) is 4. The molecule has 0 aliphatic carbocycles. The number of hydrogen-bond acceptors (Lipinski definition) is 6. The number of piperazine rings is 1. The standard InChI is InChI=1S/C27H28N4O2/c1-3-33-25-18-22-23(19-24(25)32-2)28-26(20-10-6-4-7-11-20)29-27(22)31-16-14-30(15-17-31)21-12-8-5-9-13-21/h4-13,18-19H,3,14-17H2,1-2H3. The topological polar surface area (TPSA) is 50.7 Å². The first kappa shape index (κ1) is 21.1. The molecule has 4 aromatic rings. The highest BCUT2D eigenvalue weighted by Gasteiger charge is 2.23. The van der Waals surface area contributed by atoms with Gasteiger partial charge in [-0.2, -0.15) is 0 Å². The maximum Gasteiger partial charge on any atom is 0.162 e. The molecule has 1 saturated heterocycles. The first-order valence-electron chi connectivity index (χ1n) is 11.4. The van der Waals surface area contributed by atoms with Crippen LogP contribution in [0.2, 0.25) is 0 Å². The van der Waals surface area contributed by atoms with Crippen molar-refractivity contribution in [1.29, 1.82) is 0 Å². The Labute approximate surface area is 194 Å². The fourth-order valence-corrected chi connectivity index (χ4v) is 4.32. The molecule has 1 fully saturated rings. The summed E-state index contributed by atoms with van der Waals surface area (Å²) in [5, 5.41) is 0.979. The second-order valence-corrected chi connectivity index (χ2v) is 8.00. The smallest absolute Gasteiger partial charge is 0.162 e. The number of methoxy groups -OCH3 is 1. The molecule has 0 atom stereocenters. The van der Waals surface area contributed by atoms with Gasteiger partial charge in [-0.05, 0) is 25.1 Å². The van der Waals surface area contributed by atoms with E-state index < -0.39 is 0 Å². The molecule has 3 aromatic carbocycles.